The second-order valence-corrected chi connectivity index (χ2v) is 7.89. The van der Waals surface area contributed by atoms with Crippen molar-refractivity contribution in [2.24, 2.45) is 0 Å². The monoisotopic (exact) mass is 299 g/mol. The van der Waals surface area contributed by atoms with Gasteiger partial charge in [0.15, 0.2) is 9.84 Å². The molecule has 0 spiro atoms. The number of carbonyl (C=O) groups is 1. The van der Waals surface area contributed by atoms with E-state index in [1.165, 1.54) is 0 Å². The molecule has 1 aromatic heterocycles. The summed E-state index contributed by atoms with van der Waals surface area (Å²) in [7, 11) is -3.04. The van der Waals surface area contributed by atoms with E-state index >= 15 is 0 Å². The Balaban J connectivity index is 2.17. The number of anilines is 1. The summed E-state index contributed by atoms with van der Waals surface area (Å²) in [5.41, 5.74) is 6.06. The van der Waals surface area contributed by atoms with E-state index in [1.807, 2.05) is 6.92 Å². The van der Waals surface area contributed by atoms with Crippen LogP contribution in [0.4, 0.5) is 5.69 Å². The fourth-order valence-electron chi connectivity index (χ4n) is 2.60. The Bertz CT molecular complexity index is 621. The second-order valence-electron chi connectivity index (χ2n) is 5.71. The normalized spacial score (nSPS) is 24.7. The predicted molar refractivity (Wildman–Crippen MR) is 78.3 cm³/mol. The predicted octanol–water partition coefficient (Wildman–Crippen LogP) is 0.787. The van der Waals surface area contributed by atoms with Gasteiger partial charge >= 0.3 is 0 Å². The number of rotatable bonds is 4. The van der Waals surface area contributed by atoms with Gasteiger partial charge in [-0.1, -0.05) is 6.92 Å². The van der Waals surface area contributed by atoms with Crippen molar-refractivity contribution in [1.82, 2.24) is 9.88 Å². The molecule has 0 aromatic carbocycles. The summed E-state index contributed by atoms with van der Waals surface area (Å²) in [6.45, 7) is 4.49. The fraction of sp³-hybridized carbons (Fsp3) is 0.615. The number of sulfone groups is 1. The molecule has 1 amide bonds. The van der Waals surface area contributed by atoms with Gasteiger partial charge < -0.3 is 15.6 Å². The van der Waals surface area contributed by atoms with Gasteiger partial charge in [-0.2, -0.15) is 0 Å². The zero-order chi connectivity index (χ0) is 15.0. The summed E-state index contributed by atoms with van der Waals surface area (Å²) in [6, 6.07) is 1.62. The van der Waals surface area contributed by atoms with Crippen LogP contribution in [0.15, 0.2) is 12.3 Å². The van der Waals surface area contributed by atoms with E-state index in [4.69, 9.17) is 5.73 Å². The van der Waals surface area contributed by atoms with Gasteiger partial charge in [-0.25, -0.2) is 8.42 Å². The van der Waals surface area contributed by atoms with Gasteiger partial charge in [0, 0.05) is 12.7 Å². The van der Waals surface area contributed by atoms with Gasteiger partial charge in [-0.3, -0.25) is 4.79 Å². The topological polar surface area (TPSA) is 94.2 Å². The van der Waals surface area contributed by atoms with Crippen molar-refractivity contribution in [2.45, 2.75) is 38.8 Å². The Labute approximate surface area is 119 Å². The molecule has 1 unspecified atom stereocenters. The largest absolute Gasteiger partial charge is 0.397 e. The van der Waals surface area contributed by atoms with Crippen LogP contribution in [-0.2, 0) is 16.4 Å². The smallest absolute Gasteiger partial charge is 0.268 e. The molecule has 0 saturated carbocycles. The molecule has 1 fully saturated rings. The summed E-state index contributed by atoms with van der Waals surface area (Å²) in [5.74, 6) is -0.146. The van der Waals surface area contributed by atoms with Crippen molar-refractivity contribution in [2.75, 3.05) is 17.2 Å². The van der Waals surface area contributed by atoms with Gasteiger partial charge in [0.1, 0.15) is 5.69 Å². The summed E-state index contributed by atoms with van der Waals surface area (Å²) >= 11 is 0. The highest BCUT2D eigenvalue weighted by Crippen LogP contribution is 2.23. The lowest BCUT2D eigenvalue weighted by Crippen LogP contribution is -2.47. The van der Waals surface area contributed by atoms with E-state index in [9.17, 15) is 13.2 Å². The Morgan fingerprint density at radius 3 is 2.80 bits per heavy atom. The minimum Gasteiger partial charge on any atom is -0.397 e. The molecule has 20 heavy (non-hydrogen) atoms. The van der Waals surface area contributed by atoms with Crippen LogP contribution in [0, 0.1) is 0 Å². The third kappa shape index (κ3) is 3.15. The zero-order valence-electron chi connectivity index (χ0n) is 11.8. The van der Waals surface area contributed by atoms with Gasteiger partial charge in [0.2, 0.25) is 0 Å². The Kier molecular flexibility index (Phi) is 3.82. The summed E-state index contributed by atoms with van der Waals surface area (Å²) in [6.07, 6.45) is 3.07. The number of hydrogen-bond acceptors (Lipinski definition) is 4. The Morgan fingerprint density at radius 1 is 1.55 bits per heavy atom. The maximum Gasteiger partial charge on any atom is 0.268 e. The molecule has 1 saturated heterocycles. The SMILES string of the molecule is CCCn1cc(N)cc1C(=O)NC1(C)CCS(=O)(=O)C1. The van der Waals surface area contributed by atoms with Crippen LogP contribution in [0.3, 0.4) is 0 Å². The molecule has 2 rings (SSSR count). The lowest BCUT2D eigenvalue weighted by Gasteiger charge is -2.24. The first-order chi connectivity index (χ1) is 9.25. The first-order valence-corrected chi connectivity index (χ1v) is 8.55. The molecule has 6 nitrogen and oxygen atoms in total. The minimum absolute atomic E-state index is 0.00426. The highest BCUT2D eigenvalue weighted by atomic mass is 32.2. The second kappa shape index (κ2) is 5.12. The number of nitrogens with one attached hydrogen (secondary N) is 1. The van der Waals surface area contributed by atoms with Crippen molar-refractivity contribution in [3.8, 4) is 0 Å². The number of nitrogen functional groups attached to an aromatic ring is 1. The molecule has 112 valence electrons. The molecule has 3 N–H and O–H groups in total. The standard InChI is InChI=1S/C13H21N3O3S/c1-3-5-16-8-10(14)7-11(16)12(17)15-13(2)4-6-20(18,19)9-13/h7-8H,3-6,9,14H2,1-2H3,(H,15,17). The van der Waals surface area contributed by atoms with Crippen LogP contribution < -0.4 is 11.1 Å². The summed E-state index contributed by atoms with van der Waals surface area (Å²) < 4.78 is 24.9. The first kappa shape index (κ1) is 14.9. The lowest BCUT2D eigenvalue weighted by atomic mass is 10.0. The molecule has 0 aliphatic carbocycles. The van der Waals surface area contributed by atoms with E-state index in [2.05, 4.69) is 5.32 Å². The molecule has 1 atom stereocenters. The quantitative estimate of drug-likeness (QED) is 0.859. The lowest BCUT2D eigenvalue weighted by molar-refractivity contribution is 0.0905. The van der Waals surface area contributed by atoms with Gasteiger partial charge in [0.05, 0.1) is 22.7 Å². The first-order valence-electron chi connectivity index (χ1n) is 6.73. The molecular formula is C13H21N3O3S. The molecule has 0 radical (unpaired) electrons. The number of nitrogens with zero attached hydrogens (tertiary/aromatic N) is 1. The van der Waals surface area contributed by atoms with Crippen LogP contribution in [0.5, 0.6) is 0 Å². The maximum atomic E-state index is 12.3. The summed E-state index contributed by atoms with van der Waals surface area (Å²) in [4.78, 5) is 12.3. The number of hydrogen-bond donors (Lipinski definition) is 2. The van der Waals surface area contributed by atoms with E-state index < -0.39 is 15.4 Å². The number of carbonyl (C=O) groups excluding carboxylic acids is 1. The molecule has 0 bridgehead atoms. The van der Waals surface area contributed by atoms with Gasteiger partial charge in [-0.05, 0) is 25.8 Å². The molecule has 1 aliphatic rings. The van der Waals surface area contributed by atoms with E-state index in [-0.39, 0.29) is 17.4 Å². The van der Waals surface area contributed by atoms with Crippen LogP contribution in [0.1, 0.15) is 37.2 Å². The van der Waals surface area contributed by atoms with Crippen LogP contribution >= 0.6 is 0 Å². The van der Waals surface area contributed by atoms with Crippen molar-refractivity contribution in [1.29, 1.82) is 0 Å². The van der Waals surface area contributed by atoms with E-state index in [0.717, 1.165) is 6.42 Å². The van der Waals surface area contributed by atoms with Crippen molar-refractivity contribution in [3.63, 3.8) is 0 Å². The van der Waals surface area contributed by atoms with Crippen molar-refractivity contribution < 1.29 is 13.2 Å². The van der Waals surface area contributed by atoms with E-state index in [1.54, 1.807) is 23.8 Å². The molecular weight excluding hydrogens is 278 g/mol. The molecule has 2 heterocycles. The Hall–Kier alpha value is -1.50. The highest BCUT2D eigenvalue weighted by Gasteiger charge is 2.39. The van der Waals surface area contributed by atoms with Crippen molar-refractivity contribution >= 4 is 21.4 Å². The summed E-state index contributed by atoms with van der Waals surface area (Å²) in [5, 5.41) is 2.84. The molecule has 1 aliphatic heterocycles. The molecule has 7 heteroatoms. The van der Waals surface area contributed by atoms with Gasteiger partial charge in [-0.15, -0.1) is 0 Å². The van der Waals surface area contributed by atoms with Gasteiger partial charge in [0.25, 0.3) is 5.91 Å². The average Bonchev–Trinajstić information content (AvgIpc) is 2.80. The number of aromatic nitrogens is 1. The Morgan fingerprint density at radius 2 is 2.25 bits per heavy atom. The fourth-order valence-corrected chi connectivity index (χ4v) is 4.69. The van der Waals surface area contributed by atoms with E-state index in [0.29, 0.717) is 24.3 Å². The maximum absolute atomic E-state index is 12.3. The van der Waals surface area contributed by atoms with Crippen molar-refractivity contribution in [3.05, 3.63) is 18.0 Å². The van der Waals surface area contributed by atoms with Crippen LogP contribution in [-0.4, -0.2) is 35.9 Å². The average molecular weight is 299 g/mol. The molecule has 1 aromatic rings. The number of amides is 1. The highest BCUT2D eigenvalue weighted by molar-refractivity contribution is 7.91. The number of aryl methyl sites for hydroxylation is 1. The zero-order valence-corrected chi connectivity index (χ0v) is 12.7. The van der Waals surface area contributed by atoms with Crippen LogP contribution in [0.25, 0.3) is 0 Å². The minimum atomic E-state index is -3.04. The third-order valence-corrected chi connectivity index (χ3v) is 5.44. The third-order valence-electron chi connectivity index (χ3n) is 3.53. The number of nitrogens with two attached hydrogens (primary N) is 1. The van der Waals surface area contributed by atoms with Crippen LogP contribution in [0.2, 0.25) is 0 Å².